The predicted molar refractivity (Wildman–Crippen MR) is 81.8 cm³/mol. The summed E-state index contributed by atoms with van der Waals surface area (Å²) < 4.78 is 26.7. The van der Waals surface area contributed by atoms with Crippen molar-refractivity contribution in [3.8, 4) is 0 Å². The zero-order valence-corrected chi connectivity index (χ0v) is 12.8. The van der Waals surface area contributed by atoms with Crippen molar-refractivity contribution >= 4 is 11.8 Å². The number of hydrogen-bond donors (Lipinski definition) is 1. The molecular formula is C17H16F2N2O2. The summed E-state index contributed by atoms with van der Waals surface area (Å²) in [6, 6.07) is 5.14. The molecule has 0 aliphatic carbocycles. The zero-order valence-electron chi connectivity index (χ0n) is 12.8. The highest BCUT2D eigenvalue weighted by molar-refractivity contribution is 5.89. The summed E-state index contributed by atoms with van der Waals surface area (Å²) in [6.45, 7) is 4.20. The van der Waals surface area contributed by atoms with E-state index in [4.69, 9.17) is 0 Å². The molecule has 0 saturated heterocycles. The van der Waals surface area contributed by atoms with Crippen molar-refractivity contribution < 1.29 is 18.7 Å². The van der Waals surface area contributed by atoms with E-state index in [9.17, 15) is 18.7 Å². The first kappa shape index (κ1) is 15.4. The Balaban J connectivity index is 1.97. The number of carboxylic acid groups (broad SMARTS) is 1. The number of aromatic nitrogens is 1. The number of rotatable bonds is 2. The third-order valence-electron chi connectivity index (χ3n) is 4.05. The third kappa shape index (κ3) is 2.76. The van der Waals surface area contributed by atoms with Crippen molar-refractivity contribution in [2.45, 2.75) is 25.7 Å². The number of halogens is 2. The van der Waals surface area contributed by atoms with Crippen LogP contribution < -0.4 is 4.90 Å². The molecule has 0 unspecified atom stereocenters. The lowest BCUT2D eigenvalue weighted by Gasteiger charge is -2.17. The maximum absolute atomic E-state index is 13.8. The van der Waals surface area contributed by atoms with Crippen LogP contribution in [0.15, 0.2) is 30.5 Å². The molecule has 1 aliphatic heterocycles. The van der Waals surface area contributed by atoms with Crippen LogP contribution in [0.4, 0.5) is 19.3 Å². The fourth-order valence-electron chi connectivity index (χ4n) is 2.93. The molecule has 3 rings (SSSR count). The van der Waals surface area contributed by atoms with Crippen molar-refractivity contribution in [1.82, 2.24) is 4.98 Å². The number of nitrogens with zero attached hydrogens (tertiary/aromatic N) is 2. The van der Waals surface area contributed by atoms with Crippen LogP contribution in [0.1, 0.15) is 30.7 Å². The Hall–Kier alpha value is -2.50. The zero-order chi connectivity index (χ0) is 16.8. The Bertz CT molecular complexity index is 790. The Kier molecular flexibility index (Phi) is 3.55. The Morgan fingerprint density at radius 2 is 2.09 bits per heavy atom. The quantitative estimate of drug-likeness (QED) is 0.918. The molecule has 0 atom stereocenters. The van der Waals surface area contributed by atoms with Gasteiger partial charge in [-0.1, -0.05) is 19.9 Å². The molecule has 2 aromatic rings. The van der Waals surface area contributed by atoms with Crippen LogP contribution in [0, 0.1) is 11.6 Å². The number of anilines is 1. The maximum Gasteiger partial charge on any atom is 0.411 e. The van der Waals surface area contributed by atoms with Gasteiger partial charge in [0.2, 0.25) is 0 Å². The van der Waals surface area contributed by atoms with E-state index in [1.165, 1.54) is 17.0 Å². The molecule has 23 heavy (non-hydrogen) atoms. The Morgan fingerprint density at radius 1 is 1.35 bits per heavy atom. The fourth-order valence-corrected chi connectivity index (χ4v) is 2.93. The van der Waals surface area contributed by atoms with Gasteiger partial charge in [-0.05, 0) is 23.3 Å². The number of pyridine rings is 1. The summed E-state index contributed by atoms with van der Waals surface area (Å²) >= 11 is 0. The molecule has 0 fully saturated rings. The Morgan fingerprint density at radius 3 is 2.74 bits per heavy atom. The first-order chi connectivity index (χ1) is 10.8. The minimum Gasteiger partial charge on any atom is -0.465 e. The van der Waals surface area contributed by atoms with Gasteiger partial charge in [-0.2, -0.15) is 0 Å². The smallest absolute Gasteiger partial charge is 0.411 e. The molecule has 6 heteroatoms. The largest absolute Gasteiger partial charge is 0.465 e. The molecule has 1 aliphatic rings. The highest BCUT2D eigenvalue weighted by atomic mass is 19.1. The van der Waals surface area contributed by atoms with E-state index in [2.05, 4.69) is 4.98 Å². The van der Waals surface area contributed by atoms with Gasteiger partial charge >= 0.3 is 6.09 Å². The van der Waals surface area contributed by atoms with E-state index in [1.807, 2.05) is 13.8 Å². The molecule has 0 bridgehead atoms. The molecule has 1 amide bonds. The monoisotopic (exact) mass is 318 g/mol. The molecule has 1 aromatic carbocycles. The van der Waals surface area contributed by atoms with Crippen LogP contribution in [0.3, 0.4) is 0 Å². The highest BCUT2D eigenvalue weighted by Gasteiger charge is 2.39. The van der Waals surface area contributed by atoms with Gasteiger partial charge < -0.3 is 5.11 Å². The molecule has 2 heterocycles. The van der Waals surface area contributed by atoms with Crippen molar-refractivity contribution in [3.63, 3.8) is 0 Å². The van der Waals surface area contributed by atoms with Gasteiger partial charge in [0, 0.05) is 30.6 Å². The topological polar surface area (TPSA) is 53.4 Å². The van der Waals surface area contributed by atoms with E-state index < -0.39 is 17.7 Å². The van der Waals surface area contributed by atoms with E-state index in [1.54, 1.807) is 12.3 Å². The lowest BCUT2D eigenvalue weighted by Crippen LogP contribution is -2.32. The predicted octanol–water partition coefficient (Wildman–Crippen LogP) is 3.73. The minimum absolute atomic E-state index is 0.223. The number of hydrogen-bond acceptors (Lipinski definition) is 2. The van der Waals surface area contributed by atoms with E-state index in [-0.39, 0.29) is 11.8 Å². The normalized spacial score (nSPS) is 15.6. The molecule has 1 N–H and O–H groups in total. The Labute approximate surface area is 132 Å². The van der Waals surface area contributed by atoms with E-state index >= 15 is 0 Å². The van der Waals surface area contributed by atoms with Crippen molar-refractivity contribution in [1.29, 1.82) is 0 Å². The van der Waals surface area contributed by atoms with Gasteiger partial charge in [0.1, 0.15) is 11.6 Å². The number of carbonyl (C=O) groups is 1. The number of fused-ring (bicyclic) bond motifs is 1. The van der Waals surface area contributed by atoms with Gasteiger partial charge in [-0.25, -0.2) is 13.6 Å². The van der Waals surface area contributed by atoms with E-state index in [0.29, 0.717) is 29.1 Å². The molecule has 0 radical (unpaired) electrons. The lowest BCUT2D eigenvalue weighted by molar-refractivity contribution is 0.201. The lowest BCUT2D eigenvalue weighted by atomic mass is 9.91. The second-order valence-corrected chi connectivity index (χ2v) is 6.38. The van der Waals surface area contributed by atoms with Gasteiger partial charge in [0.25, 0.3) is 0 Å². The van der Waals surface area contributed by atoms with Crippen molar-refractivity contribution in [2.24, 2.45) is 0 Å². The second-order valence-electron chi connectivity index (χ2n) is 6.38. The highest BCUT2D eigenvalue weighted by Crippen LogP contribution is 2.39. The van der Waals surface area contributed by atoms with E-state index in [0.717, 1.165) is 6.07 Å². The van der Waals surface area contributed by atoms with Gasteiger partial charge in [0.15, 0.2) is 0 Å². The summed E-state index contributed by atoms with van der Waals surface area (Å²) in [6.07, 6.45) is 0.804. The average Bonchev–Trinajstić information content (AvgIpc) is 2.74. The standard InChI is InChI=1S/C17H16F2N2O2/c1-17(2)9-21(16(22)23)14-6-10(8-20-15(14)17)5-11-3-4-12(18)7-13(11)19/h3-4,6-8H,5,9H2,1-2H3,(H,22,23). The van der Waals surface area contributed by atoms with Crippen LogP contribution in [-0.2, 0) is 11.8 Å². The first-order valence-corrected chi connectivity index (χ1v) is 7.22. The number of amides is 1. The summed E-state index contributed by atoms with van der Waals surface area (Å²) in [5.41, 5.74) is 1.89. The van der Waals surface area contributed by atoms with Crippen LogP contribution >= 0.6 is 0 Å². The maximum atomic E-state index is 13.8. The minimum atomic E-state index is -1.04. The third-order valence-corrected chi connectivity index (χ3v) is 4.05. The van der Waals surface area contributed by atoms with Gasteiger partial charge in [0.05, 0.1) is 11.4 Å². The number of benzene rings is 1. The molecule has 4 nitrogen and oxygen atoms in total. The SMILES string of the molecule is CC1(C)CN(C(=O)O)c2cc(Cc3ccc(F)cc3F)cnc21. The second kappa shape index (κ2) is 5.30. The summed E-state index contributed by atoms with van der Waals surface area (Å²) in [7, 11) is 0. The average molecular weight is 318 g/mol. The fraction of sp³-hybridized carbons (Fsp3) is 0.294. The molecule has 1 aromatic heterocycles. The van der Waals surface area contributed by atoms with Crippen molar-refractivity contribution in [3.05, 3.63) is 58.9 Å². The van der Waals surface area contributed by atoms with Gasteiger partial charge in [-0.15, -0.1) is 0 Å². The summed E-state index contributed by atoms with van der Waals surface area (Å²) in [4.78, 5) is 17.1. The molecule has 0 saturated carbocycles. The first-order valence-electron chi connectivity index (χ1n) is 7.22. The molecule has 0 spiro atoms. The van der Waals surface area contributed by atoms with Crippen molar-refractivity contribution in [2.75, 3.05) is 11.4 Å². The summed E-state index contributed by atoms with van der Waals surface area (Å²) in [5, 5.41) is 9.34. The van der Waals surface area contributed by atoms with Gasteiger partial charge in [-0.3, -0.25) is 9.88 Å². The van der Waals surface area contributed by atoms with Crippen LogP contribution in [-0.4, -0.2) is 22.7 Å². The van der Waals surface area contributed by atoms with Crippen LogP contribution in [0.2, 0.25) is 0 Å². The van der Waals surface area contributed by atoms with Crippen LogP contribution in [0.5, 0.6) is 0 Å². The molecular weight excluding hydrogens is 302 g/mol. The summed E-state index contributed by atoms with van der Waals surface area (Å²) in [5.74, 6) is -1.25. The molecule has 120 valence electrons. The van der Waals surface area contributed by atoms with Crippen LogP contribution in [0.25, 0.3) is 0 Å².